The van der Waals surface area contributed by atoms with E-state index in [4.69, 9.17) is 10.2 Å². The number of hydrogen-bond donors (Lipinski definition) is 1. The van der Waals surface area contributed by atoms with Gasteiger partial charge in [-0.3, -0.25) is 0 Å². The maximum absolute atomic E-state index is 5.72. The van der Waals surface area contributed by atoms with Crippen LogP contribution in [-0.2, 0) is 0 Å². The smallest absolute Gasteiger partial charge is 0.137 e. The van der Waals surface area contributed by atoms with Crippen LogP contribution in [0.3, 0.4) is 0 Å². The summed E-state index contributed by atoms with van der Waals surface area (Å²) in [5.74, 6) is 0.896. The predicted molar refractivity (Wildman–Crippen MR) is 63.7 cm³/mol. The summed E-state index contributed by atoms with van der Waals surface area (Å²) in [7, 11) is 0. The lowest BCUT2D eigenvalue weighted by molar-refractivity contribution is 0.601. The highest BCUT2D eigenvalue weighted by Crippen LogP contribution is 2.23. The molecular formula is C13H15NO. The van der Waals surface area contributed by atoms with Crippen molar-refractivity contribution in [2.75, 3.05) is 6.54 Å². The number of aryl methyl sites for hydroxylation is 1. The molecular weight excluding hydrogens is 186 g/mol. The van der Waals surface area contributed by atoms with Gasteiger partial charge in [0.15, 0.2) is 0 Å². The molecule has 2 aromatic rings. The van der Waals surface area contributed by atoms with E-state index in [1.165, 1.54) is 5.56 Å². The van der Waals surface area contributed by atoms with Gasteiger partial charge in [-0.1, -0.05) is 24.3 Å². The fraction of sp³-hybridized carbons (Fsp3) is 0.231. The lowest BCUT2D eigenvalue weighted by atomic mass is 10.2. The fourth-order valence-electron chi connectivity index (χ4n) is 1.61. The molecule has 0 saturated heterocycles. The molecule has 0 saturated carbocycles. The van der Waals surface area contributed by atoms with Crippen LogP contribution in [0.25, 0.3) is 17.0 Å². The van der Waals surface area contributed by atoms with Crippen LogP contribution in [0.5, 0.6) is 0 Å². The van der Waals surface area contributed by atoms with Gasteiger partial charge >= 0.3 is 0 Å². The second kappa shape index (κ2) is 4.32. The Morgan fingerprint density at radius 2 is 2.27 bits per heavy atom. The van der Waals surface area contributed by atoms with Gasteiger partial charge in [-0.15, -0.1) is 0 Å². The van der Waals surface area contributed by atoms with Crippen LogP contribution in [0.15, 0.2) is 34.8 Å². The minimum absolute atomic E-state index is 0.676. The molecule has 1 aromatic carbocycles. The molecule has 15 heavy (non-hydrogen) atoms. The van der Waals surface area contributed by atoms with E-state index >= 15 is 0 Å². The Hall–Kier alpha value is -1.54. The Morgan fingerprint density at radius 1 is 1.40 bits per heavy atom. The van der Waals surface area contributed by atoms with Gasteiger partial charge in [0.2, 0.25) is 0 Å². The summed E-state index contributed by atoms with van der Waals surface area (Å²) < 4.78 is 5.72. The van der Waals surface area contributed by atoms with Crippen LogP contribution in [0.4, 0.5) is 0 Å². The first kappa shape index (κ1) is 9.99. The molecule has 78 valence electrons. The normalized spacial score (nSPS) is 11.6. The van der Waals surface area contributed by atoms with Gasteiger partial charge in [0.05, 0.1) is 0 Å². The van der Waals surface area contributed by atoms with Crippen LogP contribution in [-0.4, -0.2) is 6.54 Å². The van der Waals surface area contributed by atoms with E-state index in [9.17, 15) is 0 Å². The molecule has 0 bridgehead atoms. The standard InChI is InChI=1S/C13H15NO/c1-10-5-4-6-11-9-12(15-13(10)11)7-2-3-8-14/h2,4-7,9H,3,8,14H2,1H3/b7-2+. The van der Waals surface area contributed by atoms with Crippen LogP contribution in [0.2, 0.25) is 0 Å². The highest BCUT2D eigenvalue weighted by Gasteiger charge is 2.02. The van der Waals surface area contributed by atoms with E-state index in [0.717, 1.165) is 23.2 Å². The Balaban J connectivity index is 2.35. The molecule has 0 aliphatic heterocycles. The SMILES string of the molecule is Cc1cccc2cc(/C=C/CCN)oc12. The summed E-state index contributed by atoms with van der Waals surface area (Å²) in [6, 6.07) is 8.21. The maximum atomic E-state index is 5.72. The quantitative estimate of drug-likeness (QED) is 0.828. The number of nitrogens with two attached hydrogens (primary N) is 1. The molecule has 2 nitrogen and oxygen atoms in total. The molecule has 0 fully saturated rings. The van der Waals surface area contributed by atoms with Crippen molar-refractivity contribution >= 4 is 17.0 Å². The third-order valence-electron chi connectivity index (χ3n) is 2.38. The predicted octanol–water partition coefficient (Wildman–Crippen LogP) is 3.10. The molecule has 1 heterocycles. The average Bonchev–Trinajstić information content (AvgIpc) is 2.63. The molecule has 2 N–H and O–H groups in total. The summed E-state index contributed by atoms with van der Waals surface area (Å²) in [6.45, 7) is 2.73. The van der Waals surface area contributed by atoms with Crippen molar-refractivity contribution in [3.8, 4) is 0 Å². The number of benzene rings is 1. The van der Waals surface area contributed by atoms with Crippen LogP contribution >= 0.6 is 0 Å². The van der Waals surface area contributed by atoms with Gasteiger partial charge in [0.1, 0.15) is 11.3 Å². The maximum Gasteiger partial charge on any atom is 0.137 e. The molecule has 2 rings (SSSR count). The van der Waals surface area contributed by atoms with Crippen LogP contribution < -0.4 is 5.73 Å². The number of hydrogen-bond acceptors (Lipinski definition) is 2. The molecule has 2 heteroatoms. The minimum Gasteiger partial charge on any atom is -0.456 e. The lowest BCUT2D eigenvalue weighted by Crippen LogP contribution is -1.94. The summed E-state index contributed by atoms with van der Waals surface area (Å²) in [5.41, 5.74) is 7.56. The molecule has 0 amide bonds. The molecule has 0 radical (unpaired) electrons. The summed E-state index contributed by atoms with van der Waals surface area (Å²) in [6.07, 6.45) is 4.90. The first-order chi connectivity index (χ1) is 7.31. The second-order valence-electron chi connectivity index (χ2n) is 3.62. The van der Waals surface area contributed by atoms with Crippen molar-refractivity contribution in [3.63, 3.8) is 0 Å². The largest absolute Gasteiger partial charge is 0.456 e. The van der Waals surface area contributed by atoms with E-state index in [1.807, 2.05) is 18.2 Å². The Kier molecular flexibility index (Phi) is 2.88. The van der Waals surface area contributed by atoms with Crippen molar-refractivity contribution in [2.24, 2.45) is 5.73 Å². The number of furan rings is 1. The molecule has 0 aliphatic carbocycles. The fourth-order valence-corrected chi connectivity index (χ4v) is 1.61. The van der Waals surface area contributed by atoms with Gasteiger partial charge in [-0.2, -0.15) is 0 Å². The molecule has 0 atom stereocenters. The minimum atomic E-state index is 0.676. The molecule has 0 spiro atoms. The van der Waals surface area contributed by atoms with Crippen LogP contribution in [0.1, 0.15) is 17.7 Å². The zero-order chi connectivity index (χ0) is 10.7. The summed E-state index contributed by atoms with van der Waals surface area (Å²) in [5, 5.41) is 1.15. The number of fused-ring (bicyclic) bond motifs is 1. The second-order valence-corrected chi connectivity index (χ2v) is 3.62. The Bertz CT molecular complexity index is 482. The van der Waals surface area contributed by atoms with Gasteiger partial charge in [0.25, 0.3) is 0 Å². The third-order valence-corrected chi connectivity index (χ3v) is 2.38. The van der Waals surface area contributed by atoms with E-state index in [2.05, 4.69) is 25.1 Å². The molecule has 0 aliphatic rings. The summed E-state index contributed by atoms with van der Waals surface area (Å²) >= 11 is 0. The molecule has 1 aromatic heterocycles. The first-order valence-electron chi connectivity index (χ1n) is 5.17. The molecule has 0 unspecified atom stereocenters. The van der Waals surface area contributed by atoms with Crippen LogP contribution in [0, 0.1) is 6.92 Å². The monoisotopic (exact) mass is 201 g/mol. The average molecular weight is 201 g/mol. The van der Waals surface area contributed by atoms with E-state index in [-0.39, 0.29) is 0 Å². The Morgan fingerprint density at radius 3 is 3.00 bits per heavy atom. The zero-order valence-electron chi connectivity index (χ0n) is 8.86. The van der Waals surface area contributed by atoms with Crippen molar-refractivity contribution in [3.05, 3.63) is 41.7 Å². The van der Waals surface area contributed by atoms with Gasteiger partial charge in [-0.05, 0) is 37.6 Å². The first-order valence-corrected chi connectivity index (χ1v) is 5.17. The zero-order valence-corrected chi connectivity index (χ0v) is 8.86. The lowest BCUT2D eigenvalue weighted by Gasteiger charge is -1.91. The van der Waals surface area contributed by atoms with Crippen molar-refractivity contribution in [2.45, 2.75) is 13.3 Å². The van der Waals surface area contributed by atoms with E-state index < -0.39 is 0 Å². The van der Waals surface area contributed by atoms with E-state index in [1.54, 1.807) is 0 Å². The van der Waals surface area contributed by atoms with Crippen molar-refractivity contribution < 1.29 is 4.42 Å². The van der Waals surface area contributed by atoms with Crippen molar-refractivity contribution in [1.82, 2.24) is 0 Å². The number of rotatable bonds is 3. The summed E-state index contributed by atoms with van der Waals surface area (Å²) in [4.78, 5) is 0. The third kappa shape index (κ3) is 2.10. The van der Waals surface area contributed by atoms with Gasteiger partial charge in [0, 0.05) is 5.39 Å². The van der Waals surface area contributed by atoms with Gasteiger partial charge in [-0.25, -0.2) is 0 Å². The highest BCUT2D eigenvalue weighted by atomic mass is 16.3. The number of para-hydroxylation sites is 1. The van der Waals surface area contributed by atoms with Gasteiger partial charge < -0.3 is 10.2 Å². The topological polar surface area (TPSA) is 39.2 Å². The van der Waals surface area contributed by atoms with Crippen molar-refractivity contribution in [1.29, 1.82) is 0 Å². The highest BCUT2D eigenvalue weighted by molar-refractivity contribution is 5.82. The Labute approximate surface area is 89.4 Å². The van der Waals surface area contributed by atoms with E-state index in [0.29, 0.717) is 6.54 Å².